The monoisotopic (exact) mass is 531 g/mol. The molecule has 7 rings (SSSR count). The number of anilines is 1. The summed E-state index contributed by atoms with van der Waals surface area (Å²) in [5.74, 6) is -2.55. The summed E-state index contributed by atoms with van der Waals surface area (Å²) in [7, 11) is 3.15. The van der Waals surface area contributed by atoms with Crippen molar-refractivity contribution < 1.29 is 28.6 Å². The Morgan fingerprint density at radius 2 is 1.38 bits per heavy atom. The first-order valence-corrected chi connectivity index (χ1v) is 13.1. The highest BCUT2D eigenvalue weighted by molar-refractivity contribution is 6.25. The zero-order chi connectivity index (χ0) is 27.5. The summed E-state index contributed by atoms with van der Waals surface area (Å²) in [4.78, 5) is 43.1. The number of esters is 1. The van der Waals surface area contributed by atoms with Crippen LogP contribution in [0, 0.1) is 17.8 Å². The van der Waals surface area contributed by atoms with Gasteiger partial charge in [-0.05, 0) is 64.4 Å². The third kappa shape index (κ3) is 3.47. The van der Waals surface area contributed by atoms with Gasteiger partial charge in [0, 0.05) is 11.5 Å². The SMILES string of the molecule is COc1ccc([C@@H]2C=C3c4c(ccc5ccccc45)OC(=O)[C@@H]3[C@@H]3C(=O)N(c4ccc(OC)cc4)C(=O)[C@H]32)cc1. The molecular formula is C33H25NO6. The van der Waals surface area contributed by atoms with Crippen LogP contribution in [0.3, 0.4) is 0 Å². The highest BCUT2D eigenvalue weighted by Crippen LogP contribution is 2.55. The maximum absolute atomic E-state index is 14.2. The summed E-state index contributed by atoms with van der Waals surface area (Å²) in [5.41, 5.74) is 2.82. The molecule has 3 aliphatic rings. The summed E-state index contributed by atoms with van der Waals surface area (Å²) in [6.45, 7) is 0. The van der Waals surface area contributed by atoms with Crippen molar-refractivity contribution in [1.82, 2.24) is 0 Å². The lowest BCUT2D eigenvalue weighted by Gasteiger charge is -2.38. The number of hydrogen-bond donors (Lipinski definition) is 0. The van der Waals surface area contributed by atoms with Crippen LogP contribution in [-0.2, 0) is 14.4 Å². The highest BCUT2D eigenvalue weighted by Gasteiger charge is 2.60. The van der Waals surface area contributed by atoms with Gasteiger partial charge >= 0.3 is 5.97 Å². The molecule has 0 radical (unpaired) electrons. The first-order chi connectivity index (χ1) is 19.5. The summed E-state index contributed by atoms with van der Waals surface area (Å²) < 4.78 is 16.5. The minimum absolute atomic E-state index is 0.340. The van der Waals surface area contributed by atoms with Gasteiger partial charge < -0.3 is 14.2 Å². The van der Waals surface area contributed by atoms with E-state index < -0.39 is 35.5 Å². The molecule has 0 aromatic heterocycles. The largest absolute Gasteiger partial charge is 0.497 e. The summed E-state index contributed by atoms with van der Waals surface area (Å²) in [5, 5.41) is 1.93. The molecular weight excluding hydrogens is 506 g/mol. The lowest BCUT2D eigenvalue weighted by molar-refractivity contribution is -0.142. The maximum atomic E-state index is 14.2. The Bertz CT molecular complexity index is 1720. The van der Waals surface area contributed by atoms with Crippen molar-refractivity contribution in [2.24, 2.45) is 17.8 Å². The second-order valence-corrected chi connectivity index (χ2v) is 10.2. The number of methoxy groups -OCH3 is 2. The van der Waals surface area contributed by atoms with E-state index in [4.69, 9.17) is 14.2 Å². The normalized spacial score (nSPS) is 23.2. The molecule has 1 saturated heterocycles. The molecule has 2 aliphatic heterocycles. The molecule has 0 saturated carbocycles. The van der Waals surface area contributed by atoms with Crippen LogP contribution < -0.4 is 19.1 Å². The molecule has 0 unspecified atom stereocenters. The number of nitrogens with zero attached hydrogens (tertiary/aromatic N) is 1. The van der Waals surface area contributed by atoms with Crippen LogP contribution in [0.2, 0.25) is 0 Å². The van der Waals surface area contributed by atoms with Gasteiger partial charge in [-0.1, -0.05) is 48.5 Å². The third-order valence-corrected chi connectivity index (χ3v) is 8.31. The van der Waals surface area contributed by atoms with E-state index in [1.807, 2.05) is 60.7 Å². The van der Waals surface area contributed by atoms with E-state index >= 15 is 0 Å². The highest BCUT2D eigenvalue weighted by atomic mass is 16.5. The van der Waals surface area contributed by atoms with E-state index in [1.165, 1.54) is 4.90 Å². The van der Waals surface area contributed by atoms with Crippen LogP contribution in [0.15, 0.2) is 91.0 Å². The minimum Gasteiger partial charge on any atom is -0.497 e. The molecule has 198 valence electrons. The molecule has 4 atom stereocenters. The topological polar surface area (TPSA) is 82.1 Å². The average Bonchev–Trinajstić information content (AvgIpc) is 3.26. The van der Waals surface area contributed by atoms with E-state index in [0.29, 0.717) is 22.9 Å². The Balaban J connectivity index is 1.44. The molecule has 4 aromatic carbocycles. The predicted octanol–water partition coefficient (Wildman–Crippen LogP) is 5.38. The van der Waals surface area contributed by atoms with Gasteiger partial charge in [-0.3, -0.25) is 14.4 Å². The Morgan fingerprint density at radius 1 is 0.725 bits per heavy atom. The van der Waals surface area contributed by atoms with Crippen molar-refractivity contribution in [2.45, 2.75) is 5.92 Å². The number of carbonyl (C=O) groups is 3. The summed E-state index contributed by atoms with van der Waals surface area (Å²) in [6, 6.07) is 25.9. The molecule has 7 heteroatoms. The Labute approximate surface area is 230 Å². The maximum Gasteiger partial charge on any atom is 0.319 e. The van der Waals surface area contributed by atoms with Gasteiger partial charge in [-0.2, -0.15) is 0 Å². The van der Waals surface area contributed by atoms with Crippen molar-refractivity contribution in [1.29, 1.82) is 0 Å². The zero-order valence-electron chi connectivity index (χ0n) is 21.9. The molecule has 0 bridgehead atoms. The van der Waals surface area contributed by atoms with Crippen LogP contribution in [0.5, 0.6) is 17.2 Å². The van der Waals surface area contributed by atoms with Crippen molar-refractivity contribution in [3.63, 3.8) is 0 Å². The van der Waals surface area contributed by atoms with E-state index in [-0.39, 0.29) is 5.91 Å². The Morgan fingerprint density at radius 3 is 2.08 bits per heavy atom. The van der Waals surface area contributed by atoms with E-state index in [2.05, 4.69) is 0 Å². The number of amides is 2. The molecule has 0 N–H and O–H groups in total. The van der Waals surface area contributed by atoms with Crippen LogP contribution in [0.4, 0.5) is 5.69 Å². The Kier molecular flexibility index (Phi) is 5.49. The number of carbonyl (C=O) groups excluding carboxylic acids is 3. The van der Waals surface area contributed by atoms with Crippen molar-refractivity contribution in [3.05, 3.63) is 102 Å². The predicted molar refractivity (Wildman–Crippen MR) is 149 cm³/mol. The number of fused-ring (bicyclic) bond motifs is 7. The van der Waals surface area contributed by atoms with Gasteiger partial charge in [0.05, 0.1) is 37.7 Å². The number of ether oxygens (including phenoxy) is 3. The zero-order valence-corrected chi connectivity index (χ0v) is 21.9. The number of imide groups is 1. The quantitative estimate of drug-likeness (QED) is 0.200. The number of allylic oxidation sites excluding steroid dienone is 1. The molecule has 40 heavy (non-hydrogen) atoms. The fourth-order valence-electron chi connectivity index (χ4n) is 6.47. The number of hydrogen-bond acceptors (Lipinski definition) is 6. The van der Waals surface area contributed by atoms with Crippen LogP contribution in [0.25, 0.3) is 16.3 Å². The second-order valence-electron chi connectivity index (χ2n) is 10.2. The molecule has 1 fully saturated rings. The smallest absolute Gasteiger partial charge is 0.319 e. The molecule has 0 spiro atoms. The van der Waals surface area contributed by atoms with Crippen molar-refractivity contribution in [3.8, 4) is 17.2 Å². The van der Waals surface area contributed by atoms with Gasteiger partial charge in [-0.25, -0.2) is 4.90 Å². The van der Waals surface area contributed by atoms with E-state index in [1.54, 1.807) is 44.6 Å². The van der Waals surface area contributed by atoms with Gasteiger partial charge in [0.1, 0.15) is 17.2 Å². The minimum atomic E-state index is -0.915. The average molecular weight is 532 g/mol. The lowest BCUT2D eigenvalue weighted by Crippen LogP contribution is -2.42. The first kappa shape index (κ1) is 24.2. The number of benzene rings is 4. The third-order valence-electron chi connectivity index (χ3n) is 8.31. The fourth-order valence-corrected chi connectivity index (χ4v) is 6.47. The van der Waals surface area contributed by atoms with Crippen LogP contribution in [-0.4, -0.2) is 32.0 Å². The first-order valence-electron chi connectivity index (χ1n) is 13.1. The van der Waals surface area contributed by atoms with Crippen LogP contribution >= 0.6 is 0 Å². The molecule has 4 aromatic rings. The molecule has 1 aliphatic carbocycles. The standard InChI is InChI=1S/C33H25NO6/c1-38-21-12-7-19(8-13-21)24-17-25-27-23-6-4-3-5-18(23)9-16-26(27)40-33(37)29(25)30-28(24)31(35)34(32(30)36)20-10-14-22(39-2)15-11-20/h3-17,24,28-30H,1-2H3/t24-,28-,29-,30+/m0/s1. The molecule has 2 amide bonds. The Hall–Kier alpha value is -4.91. The van der Waals surface area contributed by atoms with Crippen molar-refractivity contribution in [2.75, 3.05) is 19.1 Å². The lowest BCUT2D eigenvalue weighted by atomic mass is 9.64. The van der Waals surface area contributed by atoms with Gasteiger partial charge in [0.15, 0.2) is 0 Å². The molecule has 2 heterocycles. The van der Waals surface area contributed by atoms with E-state index in [0.717, 1.165) is 27.5 Å². The number of rotatable bonds is 4. The second kappa shape index (κ2) is 9.09. The summed E-state index contributed by atoms with van der Waals surface area (Å²) in [6.07, 6.45) is 2.00. The van der Waals surface area contributed by atoms with Crippen LogP contribution in [0.1, 0.15) is 17.0 Å². The van der Waals surface area contributed by atoms with Gasteiger partial charge in [0.25, 0.3) is 0 Å². The fraction of sp³-hybridized carbons (Fsp3) is 0.182. The van der Waals surface area contributed by atoms with Gasteiger partial charge in [-0.15, -0.1) is 0 Å². The summed E-state index contributed by atoms with van der Waals surface area (Å²) >= 11 is 0. The molecule has 7 nitrogen and oxygen atoms in total. The van der Waals surface area contributed by atoms with Gasteiger partial charge in [0.2, 0.25) is 11.8 Å². The van der Waals surface area contributed by atoms with Crippen molar-refractivity contribution >= 4 is 39.8 Å². The van der Waals surface area contributed by atoms with E-state index in [9.17, 15) is 14.4 Å².